The highest BCUT2D eigenvalue weighted by Gasteiger charge is 2.52. The summed E-state index contributed by atoms with van der Waals surface area (Å²) in [6, 6.07) is 23.1. The maximum Gasteiger partial charge on any atom is 0.368 e. The Morgan fingerprint density at radius 2 is 0.652 bits per heavy atom. The van der Waals surface area contributed by atoms with Gasteiger partial charge < -0.3 is 4.74 Å². The molecule has 0 aliphatic heterocycles. The lowest BCUT2D eigenvalue weighted by Gasteiger charge is -2.44. The van der Waals surface area contributed by atoms with Gasteiger partial charge in [0.25, 0.3) is 0 Å². The molecule has 1 heterocycles. The minimum Gasteiger partial charge on any atom is -0.442 e. The first-order chi connectivity index (χ1) is 30.9. The van der Waals surface area contributed by atoms with Crippen LogP contribution < -0.4 is 31.2 Å². The van der Waals surface area contributed by atoms with E-state index in [2.05, 4.69) is 79.1 Å². The van der Waals surface area contributed by atoms with Crippen molar-refractivity contribution in [2.45, 2.75) is 26.5 Å². The molecule has 0 saturated carbocycles. The topological polar surface area (TPSA) is 13.1 Å². The minimum atomic E-state index is -7.22. The van der Waals surface area contributed by atoms with Crippen LogP contribution >= 0.6 is 0 Å². The Morgan fingerprint density at radius 1 is 0.364 bits per heavy atom. The van der Waals surface area contributed by atoms with Crippen molar-refractivity contribution in [1.29, 1.82) is 0 Å². The van der Waals surface area contributed by atoms with E-state index in [0.717, 1.165) is 12.4 Å². The van der Waals surface area contributed by atoms with Gasteiger partial charge in [0.05, 0.1) is 12.2 Å². The fraction of sp³-hybridized carbons (Fsp3) is 0.0930. The van der Waals surface area contributed by atoms with E-state index < -0.39 is 144 Å². The van der Waals surface area contributed by atoms with Gasteiger partial charge in [0.2, 0.25) is 5.52 Å². The van der Waals surface area contributed by atoms with Gasteiger partial charge in [-0.25, -0.2) is 87.8 Å². The van der Waals surface area contributed by atoms with Crippen molar-refractivity contribution in [3.8, 4) is 5.88 Å². The predicted octanol–water partition coefficient (Wildman–Crippen LogP) is 9.81. The standard InChI is InChI=1S/C24BF20.C19H20NO/c26-5-1(6(27)14(35)21(42)13(5)34)25(2-7(28)15(36)22(43)16(37)8(2)29,3-9(30)17(38)23(44)18(39)10(3)31)4-11(32)19(40)24(45)20(41)12(4)33;1-15(2)21-19-13-12-17-10-6-7-11-18(17)20(19)14-16-8-4-3-5-9-16/h;3-13,15H,14H2,1-2H3/q-1;+1. The summed E-state index contributed by atoms with van der Waals surface area (Å²) in [7, 11) is 0. The van der Waals surface area contributed by atoms with Gasteiger partial charge in [-0.05, 0) is 26.0 Å². The van der Waals surface area contributed by atoms with Gasteiger partial charge in [-0.2, -0.15) is 4.57 Å². The van der Waals surface area contributed by atoms with Gasteiger partial charge in [0.1, 0.15) is 52.7 Å². The fourth-order valence-corrected chi connectivity index (χ4v) is 7.39. The molecule has 66 heavy (non-hydrogen) atoms. The van der Waals surface area contributed by atoms with E-state index in [1.54, 1.807) is 0 Å². The number of halogens is 20. The first-order valence-electron chi connectivity index (χ1n) is 18.3. The van der Waals surface area contributed by atoms with E-state index >= 15 is 35.1 Å². The number of rotatable bonds is 8. The third kappa shape index (κ3) is 7.70. The molecule has 2 nitrogen and oxygen atoms in total. The lowest BCUT2D eigenvalue weighted by molar-refractivity contribution is -0.668. The van der Waals surface area contributed by atoms with Crippen LogP contribution in [0.1, 0.15) is 19.4 Å². The molecular weight excluding hydrogens is 937 g/mol. The van der Waals surface area contributed by atoms with Gasteiger partial charge >= 0.3 is 5.88 Å². The summed E-state index contributed by atoms with van der Waals surface area (Å²) < 4.78 is 302. The largest absolute Gasteiger partial charge is 0.442 e. The van der Waals surface area contributed by atoms with Crippen molar-refractivity contribution >= 4 is 38.9 Å². The zero-order chi connectivity index (χ0) is 49.0. The average Bonchev–Trinajstić information content (AvgIpc) is 3.30. The molecule has 6 aromatic carbocycles. The van der Waals surface area contributed by atoms with Gasteiger partial charge in [0, 0.05) is 17.0 Å². The molecule has 23 heteroatoms. The maximum absolute atomic E-state index is 15.4. The second-order valence-electron chi connectivity index (χ2n) is 14.3. The third-order valence-corrected chi connectivity index (χ3v) is 10.1. The van der Waals surface area contributed by atoms with Crippen LogP contribution in [-0.2, 0) is 6.54 Å². The number of fused-ring (bicyclic) bond motifs is 1. The van der Waals surface area contributed by atoms with Crippen molar-refractivity contribution in [3.05, 3.63) is 189 Å². The fourth-order valence-electron chi connectivity index (χ4n) is 7.39. The van der Waals surface area contributed by atoms with Crippen LogP contribution in [0.25, 0.3) is 10.9 Å². The van der Waals surface area contributed by atoms with E-state index in [9.17, 15) is 52.7 Å². The molecule has 0 bridgehead atoms. The lowest BCUT2D eigenvalue weighted by atomic mass is 9.12. The molecule has 0 atom stereocenters. The summed E-state index contributed by atoms with van der Waals surface area (Å²) in [5.74, 6) is -70.5. The number of para-hydroxylation sites is 1. The molecule has 0 aliphatic carbocycles. The van der Waals surface area contributed by atoms with Crippen LogP contribution in [0.4, 0.5) is 87.8 Å². The molecule has 0 saturated heterocycles. The Morgan fingerprint density at radius 3 is 0.970 bits per heavy atom. The molecule has 346 valence electrons. The molecule has 0 aliphatic rings. The highest BCUT2D eigenvalue weighted by molar-refractivity contribution is 7.20. The summed E-state index contributed by atoms with van der Waals surface area (Å²) in [6.07, 6.45) is -7.06. The third-order valence-electron chi connectivity index (χ3n) is 10.1. The molecular formula is C43H20BF20NO. The molecule has 0 radical (unpaired) electrons. The summed E-state index contributed by atoms with van der Waals surface area (Å²) in [4.78, 5) is 0. The lowest BCUT2D eigenvalue weighted by Crippen LogP contribution is -2.81. The zero-order valence-corrected chi connectivity index (χ0v) is 32.6. The van der Waals surface area contributed by atoms with Crippen molar-refractivity contribution in [1.82, 2.24) is 0 Å². The van der Waals surface area contributed by atoms with Crippen LogP contribution in [0.3, 0.4) is 0 Å². The number of aromatic nitrogens is 1. The second kappa shape index (κ2) is 18.2. The molecule has 7 aromatic rings. The smallest absolute Gasteiger partial charge is 0.368 e. The maximum atomic E-state index is 15.4. The van der Waals surface area contributed by atoms with Crippen LogP contribution in [0.5, 0.6) is 5.88 Å². The molecule has 0 amide bonds. The Hall–Kier alpha value is -6.81. The Kier molecular flexibility index (Phi) is 13.4. The second-order valence-corrected chi connectivity index (χ2v) is 14.3. The quantitative estimate of drug-likeness (QED) is 0.0487. The Labute approximate surface area is 356 Å². The monoisotopic (exact) mass is 957 g/mol. The molecule has 0 fully saturated rings. The number of nitrogens with zero attached hydrogens (tertiary/aromatic N) is 1. The first kappa shape index (κ1) is 48.6. The van der Waals surface area contributed by atoms with E-state index in [-0.39, 0.29) is 6.10 Å². The van der Waals surface area contributed by atoms with Crippen LogP contribution in [0.15, 0.2) is 66.7 Å². The van der Waals surface area contributed by atoms with Crippen LogP contribution in [0.2, 0.25) is 0 Å². The van der Waals surface area contributed by atoms with Crippen molar-refractivity contribution in [2.24, 2.45) is 0 Å². The molecule has 0 unspecified atom stereocenters. The molecule has 7 rings (SSSR count). The molecule has 0 spiro atoms. The SMILES string of the molecule is CC(C)Oc1ccc2ccccc2[n+]1Cc1ccccc1.Fc1c(F)c(F)c([B-](c2c(F)c(F)c(F)c(F)c2F)(c2c(F)c(F)c(F)c(F)c2F)c2c(F)c(F)c(F)c(F)c2F)c(F)c1F. The summed E-state index contributed by atoms with van der Waals surface area (Å²) >= 11 is 0. The highest BCUT2D eigenvalue weighted by Crippen LogP contribution is 2.31. The number of pyridine rings is 1. The summed E-state index contributed by atoms with van der Waals surface area (Å²) in [5.41, 5.74) is -11.9. The molecule has 1 aromatic heterocycles. The first-order valence-corrected chi connectivity index (χ1v) is 18.3. The van der Waals surface area contributed by atoms with Gasteiger partial charge in [-0.1, -0.05) is 42.5 Å². The Bertz CT molecular complexity index is 2690. The van der Waals surface area contributed by atoms with Crippen LogP contribution in [0, 0.1) is 116 Å². The summed E-state index contributed by atoms with van der Waals surface area (Å²) in [5, 5.41) is 1.23. The van der Waals surface area contributed by atoms with Gasteiger partial charge in [0.15, 0.2) is 76.4 Å². The molecule has 0 N–H and O–H groups in total. The number of hydrogen-bond donors (Lipinski definition) is 0. The average molecular weight is 957 g/mol. The van der Waals surface area contributed by atoms with Crippen molar-refractivity contribution in [3.63, 3.8) is 0 Å². The Balaban J connectivity index is 0.000000284. The van der Waals surface area contributed by atoms with E-state index in [0.29, 0.717) is 0 Å². The van der Waals surface area contributed by atoms with Gasteiger partial charge in [-0.15, -0.1) is 21.9 Å². The predicted molar refractivity (Wildman–Crippen MR) is 195 cm³/mol. The van der Waals surface area contributed by atoms with Crippen LogP contribution in [-0.4, -0.2) is 12.2 Å². The number of ether oxygens (including phenoxy) is 1. The number of benzene rings is 6. The van der Waals surface area contributed by atoms with Crippen molar-refractivity contribution in [2.75, 3.05) is 0 Å². The number of hydrogen-bond acceptors (Lipinski definition) is 1. The highest BCUT2D eigenvalue weighted by atomic mass is 19.2. The summed E-state index contributed by atoms with van der Waals surface area (Å²) in [6.45, 7) is 4.92. The minimum absolute atomic E-state index is 0.160. The zero-order valence-electron chi connectivity index (χ0n) is 32.6. The van der Waals surface area contributed by atoms with E-state index in [4.69, 9.17) is 4.74 Å². The van der Waals surface area contributed by atoms with Crippen molar-refractivity contribution < 1.29 is 97.1 Å². The van der Waals surface area contributed by atoms with Gasteiger partial charge in [-0.3, -0.25) is 0 Å². The van der Waals surface area contributed by atoms with E-state index in [1.165, 1.54) is 16.5 Å². The van der Waals surface area contributed by atoms with E-state index in [1.807, 2.05) is 6.07 Å². The normalized spacial score (nSPS) is 11.7.